The first-order valence-electron chi connectivity index (χ1n) is 10.9. The van der Waals surface area contributed by atoms with Crippen LogP contribution < -0.4 is 11.1 Å². The molecule has 0 fully saturated rings. The summed E-state index contributed by atoms with van der Waals surface area (Å²) < 4.78 is 13.3. The zero-order valence-corrected chi connectivity index (χ0v) is 19.8. The number of primary amides is 1. The fourth-order valence-corrected chi connectivity index (χ4v) is 6.30. The van der Waals surface area contributed by atoms with Crippen molar-refractivity contribution < 1.29 is 14.0 Å². The van der Waals surface area contributed by atoms with E-state index < -0.39 is 5.91 Å². The van der Waals surface area contributed by atoms with Gasteiger partial charge in [0.1, 0.15) is 21.5 Å². The maximum absolute atomic E-state index is 13.3. The minimum atomic E-state index is -0.504. The van der Waals surface area contributed by atoms with Crippen LogP contribution in [0.5, 0.6) is 0 Å². The molecule has 0 bridgehead atoms. The summed E-state index contributed by atoms with van der Waals surface area (Å²) in [6.45, 7) is 0. The molecule has 2 aromatic heterocycles. The van der Waals surface area contributed by atoms with Gasteiger partial charge >= 0.3 is 0 Å². The molecule has 1 aliphatic rings. The first-order valence-corrected chi connectivity index (χ1v) is 12.7. The van der Waals surface area contributed by atoms with Gasteiger partial charge in [0.25, 0.3) is 5.91 Å². The molecule has 9 heteroatoms. The number of nitrogens with one attached hydrogen (secondary N) is 1. The highest BCUT2D eigenvalue weighted by molar-refractivity contribution is 8.00. The Morgan fingerprint density at radius 3 is 2.53 bits per heavy atom. The average molecular weight is 493 g/mol. The number of amides is 2. The van der Waals surface area contributed by atoms with Crippen LogP contribution in [0.4, 0.5) is 9.39 Å². The van der Waals surface area contributed by atoms with Crippen molar-refractivity contribution in [3.63, 3.8) is 0 Å². The average Bonchev–Trinajstić information content (AvgIpc) is 3.21. The Bertz CT molecular complexity index is 1400. The van der Waals surface area contributed by atoms with E-state index in [0.717, 1.165) is 52.5 Å². The topological polar surface area (TPSA) is 98.0 Å². The summed E-state index contributed by atoms with van der Waals surface area (Å²) in [4.78, 5) is 26.0. The SMILES string of the molecule is NC(=O)c1c(NC(=O)CSc2nnc(-c3ccc(F)cc3)c3ccccc23)sc2c1CCCC2. The van der Waals surface area contributed by atoms with E-state index in [-0.39, 0.29) is 17.5 Å². The summed E-state index contributed by atoms with van der Waals surface area (Å²) in [5.74, 6) is -0.949. The normalized spacial score (nSPS) is 13.0. The third-order valence-electron chi connectivity index (χ3n) is 5.78. The van der Waals surface area contributed by atoms with Gasteiger partial charge in [-0.3, -0.25) is 9.59 Å². The third kappa shape index (κ3) is 4.41. The molecule has 0 unspecified atom stereocenters. The van der Waals surface area contributed by atoms with Crippen LogP contribution >= 0.6 is 23.1 Å². The number of fused-ring (bicyclic) bond motifs is 2. The van der Waals surface area contributed by atoms with Gasteiger partial charge in [0.05, 0.1) is 11.3 Å². The minimum absolute atomic E-state index is 0.106. The molecule has 0 radical (unpaired) electrons. The largest absolute Gasteiger partial charge is 0.365 e. The molecule has 2 heterocycles. The highest BCUT2D eigenvalue weighted by Crippen LogP contribution is 2.38. The molecule has 2 aromatic carbocycles. The third-order valence-corrected chi connectivity index (χ3v) is 7.97. The molecule has 0 saturated heterocycles. The lowest BCUT2D eigenvalue weighted by atomic mass is 9.95. The summed E-state index contributed by atoms with van der Waals surface area (Å²) in [7, 11) is 0. The van der Waals surface area contributed by atoms with E-state index in [1.54, 1.807) is 12.1 Å². The van der Waals surface area contributed by atoms with Crippen molar-refractivity contribution in [3.05, 3.63) is 70.4 Å². The molecule has 2 amide bonds. The Morgan fingerprint density at radius 1 is 1.03 bits per heavy atom. The van der Waals surface area contributed by atoms with Crippen LogP contribution in [-0.2, 0) is 17.6 Å². The number of hydrogen-bond acceptors (Lipinski definition) is 6. The van der Waals surface area contributed by atoms with Crippen molar-refractivity contribution in [2.75, 3.05) is 11.1 Å². The zero-order chi connectivity index (χ0) is 23.7. The van der Waals surface area contributed by atoms with Crippen LogP contribution in [0.25, 0.3) is 22.0 Å². The predicted octanol–water partition coefficient (Wildman–Crippen LogP) is 5.21. The molecule has 0 spiro atoms. The Morgan fingerprint density at radius 2 is 1.76 bits per heavy atom. The maximum atomic E-state index is 13.3. The van der Waals surface area contributed by atoms with Crippen LogP contribution in [0.2, 0.25) is 0 Å². The second-order valence-electron chi connectivity index (χ2n) is 8.02. The van der Waals surface area contributed by atoms with E-state index in [1.165, 1.54) is 35.2 Å². The van der Waals surface area contributed by atoms with Crippen LogP contribution in [0.15, 0.2) is 53.6 Å². The lowest BCUT2D eigenvalue weighted by Crippen LogP contribution is -2.19. The second-order valence-corrected chi connectivity index (χ2v) is 10.1. The molecule has 0 aliphatic heterocycles. The molecule has 5 rings (SSSR count). The van der Waals surface area contributed by atoms with Crippen molar-refractivity contribution in [1.29, 1.82) is 0 Å². The molecule has 0 saturated carbocycles. The standard InChI is InChI=1S/C25H21FN4O2S2/c26-15-11-9-14(10-12-15)22-16-5-1-2-6-17(16)24(30-29-22)33-13-20(31)28-25-21(23(27)32)18-7-3-4-8-19(18)34-25/h1-2,5-6,9-12H,3-4,7-8,13H2,(H2,27,32)(H,28,31). The van der Waals surface area contributed by atoms with Crippen molar-refractivity contribution in [1.82, 2.24) is 10.2 Å². The molecule has 34 heavy (non-hydrogen) atoms. The van der Waals surface area contributed by atoms with Gasteiger partial charge < -0.3 is 11.1 Å². The van der Waals surface area contributed by atoms with Crippen molar-refractivity contribution in [3.8, 4) is 11.3 Å². The van der Waals surface area contributed by atoms with Crippen LogP contribution in [0, 0.1) is 5.82 Å². The van der Waals surface area contributed by atoms with Crippen molar-refractivity contribution in [2.24, 2.45) is 5.73 Å². The number of anilines is 1. The molecule has 6 nitrogen and oxygen atoms in total. The van der Waals surface area contributed by atoms with Gasteiger partial charge in [0.2, 0.25) is 5.91 Å². The second kappa shape index (κ2) is 9.52. The van der Waals surface area contributed by atoms with Crippen LogP contribution in [-0.4, -0.2) is 27.8 Å². The van der Waals surface area contributed by atoms with E-state index in [9.17, 15) is 14.0 Å². The highest BCUT2D eigenvalue weighted by Gasteiger charge is 2.25. The van der Waals surface area contributed by atoms with Gasteiger partial charge in [-0.05, 0) is 55.5 Å². The number of rotatable bonds is 6. The quantitative estimate of drug-likeness (QED) is 0.360. The number of nitrogens with zero attached hydrogens (tertiary/aromatic N) is 2. The summed E-state index contributed by atoms with van der Waals surface area (Å²) >= 11 is 2.72. The smallest absolute Gasteiger partial charge is 0.251 e. The van der Waals surface area contributed by atoms with Gasteiger partial charge in [-0.15, -0.1) is 21.5 Å². The van der Waals surface area contributed by atoms with E-state index in [4.69, 9.17) is 5.73 Å². The number of hydrogen-bond donors (Lipinski definition) is 2. The van der Waals surface area contributed by atoms with Gasteiger partial charge in [-0.25, -0.2) is 4.39 Å². The number of aromatic nitrogens is 2. The molecule has 4 aromatic rings. The number of carbonyl (C=O) groups is 2. The molecule has 3 N–H and O–H groups in total. The molecular weight excluding hydrogens is 471 g/mol. The molecule has 1 aliphatic carbocycles. The number of aryl methyl sites for hydroxylation is 1. The fourth-order valence-electron chi connectivity index (χ4n) is 4.22. The lowest BCUT2D eigenvalue weighted by molar-refractivity contribution is -0.113. The Balaban J connectivity index is 1.36. The minimum Gasteiger partial charge on any atom is -0.365 e. The Kier molecular flexibility index (Phi) is 6.30. The number of carbonyl (C=O) groups excluding carboxylic acids is 2. The summed E-state index contributed by atoms with van der Waals surface area (Å²) in [5, 5.41) is 14.5. The van der Waals surface area contributed by atoms with E-state index in [0.29, 0.717) is 21.3 Å². The fraction of sp³-hybridized carbons (Fsp3) is 0.200. The summed E-state index contributed by atoms with van der Waals surface area (Å²) in [5.41, 5.74) is 8.48. The number of halogens is 1. The molecule has 172 valence electrons. The Hall–Kier alpha value is -3.30. The van der Waals surface area contributed by atoms with Gasteiger partial charge in [0, 0.05) is 21.2 Å². The van der Waals surface area contributed by atoms with Crippen molar-refractivity contribution >= 4 is 50.7 Å². The van der Waals surface area contributed by atoms with Crippen molar-refractivity contribution in [2.45, 2.75) is 30.7 Å². The van der Waals surface area contributed by atoms with Crippen LogP contribution in [0.1, 0.15) is 33.6 Å². The number of thiophene rings is 1. The van der Waals surface area contributed by atoms with Crippen LogP contribution in [0.3, 0.4) is 0 Å². The molecule has 0 atom stereocenters. The van der Waals surface area contributed by atoms with E-state index >= 15 is 0 Å². The first kappa shape index (κ1) is 22.5. The number of benzene rings is 2. The van der Waals surface area contributed by atoms with Gasteiger partial charge in [-0.2, -0.15) is 0 Å². The number of thioether (sulfide) groups is 1. The van der Waals surface area contributed by atoms with Gasteiger partial charge in [-0.1, -0.05) is 36.0 Å². The first-order chi connectivity index (χ1) is 16.5. The summed E-state index contributed by atoms with van der Waals surface area (Å²) in [6, 6.07) is 13.8. The van der Waals surface area contributed by atoms with E-state index in [2.05, 4.69) is 15.5 Å². The highest BCUT2D eigenvalue weighted by atomic mass is 32.2. The molecular formula is C25H21FN4O2S2. The zero-order valence-electron chi connectivity index (χ0n) is 18.1. The monoisotopic (exact) mass is 492 g/mol. The van der Waals surface area contributed by atoms with Gasteiger partial charge in [0.15, 0.2) is 0 Å². The number of nitrogens with two attached hydrogens (primary N) is 1. The maximum Gasteiger partial charge on any atom is 0.251 e. The van der Waals surface area contributed by atoms with E-state index in [1.807, 2.05) is 24.3 Å². The lowest BCUT2D eigenvalue weighted by Gasteiger charge is -2.11. The Labute approximate surface area is 203 Å². The summed E-state index contributed by atoms with van der Waals surface area (Å²) in [6.07, 6.45) is 3.82. The predicted molar refractivity (Wildman–Crippen MR) is 134 cm³/mol.